The molecule has 0 bridgehead atoms. The van der Waals surface area contributed by atoms with E-state index in [2.05, 4.69) is 9.50 Å². The molecule has 1 aromatic rings. The Morgan fingerprint density at radius 1 is 1.73 bits per heavy atom. The van der Waals surface area contributed by atoms with E-state index in [1.54, 1.807) is 6.20 Å². The molecule has 0 aromatic carbocycles. The molecule has 0 aliphatic carbocycles. The highest BCUT2D eigenvalue weighted by molar-refractivity contribution is 6.21. The maximum absolute atomic E-state index is 5.42. The lowest BCUT2D eigenvalue weighted by Gasteiger charge is -1.97. The van der Waals surface area contributed by atoms with Crippen molar-refractivity contribution in [1.29, 1.82) is 0 Å². The van der Waals surface area contributed by atoms with Gasteiger partial charge >= 0.3 is 0 Å². The number of halogens is 1. The van der Waals surface area contributed by atoms with Crippen molar-refractivity contribution in [3.63, 3.8) is 0 Å². The topological polar surface area (TPSA) is 51.3 Å². The van der Waals surface area contributed by atoms with Gasteiger partial charge in [0.2, 0.25) is 0 Å². The summed E-state index contributed by atoms with van der Waals surface area (Å²) in [5.74, 6) is 0.246. The SMILES string of the molecule is Cc1ccnc(C(N)=NCl)c1. The van der Waals surface area contributed by atoms with Crippen LogP contribution in [-0.2, 0) is 0 Å². The van der Waals surface area contributed by atoms with Gasteiger partial charge in [0, 0.05) is 18.0 Å². The molecule has 0 saturated carbocycles. The van der Waals surface area contributed by atoms with Crippen LogP contribution in [0.15, 0.2) is 22.8 Å². The van der Waals surface area contributed by atoms with Gasteiger partial charge in [-0.25, -0.2) is 0 Å². The molecule has 0 radical (unpaired) electrons. The van der Waals surface area contributed by atoms with Gasteiger partial charge in [0.1, 0.15) is 5.69 Å². The average molecular weight is 170 g/mol. The number of amidine groups is 1. The predicted octanol–water partition coefficient (Wildman–Crippen LogP) is 1.25. The molecule has 4 heteroatoms. The normalized spacial score (nSPS) is 11.6. The van der Waals surface area contributed by atoms with E-state index < -0.39 is 0 Å². The van der Waals surface area contributed by atoms with Crippen molar-refractivity contribution in [3.8, 4) is 0 Å². The zero-order valence-electron chi connectivity index (χ0n) is 6.08. The number of hydrogen-bond donors (Lipinski definition) is 1. The van der Waals surface area contributed by atoms with E-state index in [9.17, 15) is 0 Å². The summed E-state index contributed by atoms with van der Waals surface area (Å²) in [4.78, 5) is 3.97. The number of aryl methyl sites for hydroxylation is 1. The van der Waals surface area contributed by atoms with Gasteiger partial charge < -0.3 is 5.73 Å². The first-order valence-corrected chi connectivity index (χ1v) is 3.45. The average Bonchev–Trinajstić information content (AvgIpc) is 2.03. The van der Waals surface area contributed by atoms with Crippen LogP contribution in [0.2, 0.25) is 0 Å². The summed E-state index contributed by atoms with van der Waals surface area (Å²) in [6, 6.07) is 3.70. The van der Waals surface area contributed by atoms with E-state index in [4.69, 9.17) is 17.5 Å². The minimum absolute atomic E-state index is 0.246. The van der Waals surface area contributed by atoms with Crippen LogP contribution >= 0.6 is 11.8 Å². The lowest BCUT2D eigenvalue weighted by molar-refractivity contribution is 1.24. The monoisotopic (exact) mass is 169 g/mol. The van der Waals surface area contributed by atoms with Crippen molar-refractivity contribution >= 4 is 17.6 Å². The Hall–Kier alpha value is -1.09. The second-order valence-electron chi connectivity index (χ2n) is 2.19. The quantitative estimate of drug-likeness (QED) is 0.508. The summed E-state index contributed by atoms with van der Waals surface area (Å²) in [5.41, 5.74) is 7.11. The number of aromatic nitrogens is 1. The molecular formula is C7H8ClN3. The smallest absolute Gasteiger partial charge is 0.163 e. The van der Waals surface area contributed by atoms with Gasteiger partial charge in [-0.05, 0) is 24.6 Å². The van der Waals surface area contributed by atoms with Gasteiger partial charge in [0.25, 0.3) is 0 Å². The van der Waals surface area contributed by atoms with E-state index in [0.29, 0.717) is 5.69 Å². The molecule has 0 fully saturated rings. The van der Waals surface area contributed by atoms with Gasteiger partial charge in [-0.15, -0.1) is 0 Å². The first-order valence-electron chi connectivity index (χ1n) is 3.11. The molecule has 0 spiro atoms. The van der Waals surface area contributed by atoms with Crippen LogP contribution in [0.3, 0.4) is 0 Å². The van der Waals surface area contributed by atoms with Gasteiger partial charge in [-0.3, -0.25) is 4.98 Å². The molecule has 11 heavy (non-hydrogen) atoms. The Balaban J connectivity index is 3.06. The Morgan fingerprint density at radius 2 is 2.45 bits per heavy atom. The molecule has 0 saturated heterocycles. The molecule has 1 rings (SSSR count). The first kappa shape index (κ1) is 8.01. The Labute approximate surface area is 70.0 Å². The Bertz CT molecular complexity index is 283. The van der Waals surface area contributed by atoms with Crippen LogP contribution in [0.4, 0.5) is 0 Å². The number of pyridine rings is 1. The zero-order chi connectivity index (χ0) is 8.27. The predicted molar refractivity (Wildman–Crippen MR) is 45.6 cm³/mol. The lowest BCUT2D eigenvalue weighted by atomic mass is 10.2. The van der Waals surface area contributed by atoms with Crippen molar-refractivity contribution in [2.75, 3.05) is 0 Å². The van der Waals surface area contributed by atoms with Crippen LogP contribution in [0, 0.1) is 6.92 Å². The van der Waals surface area contributed by atoms with Crippen molar-refractivity contribution in [2.45, 2.75) is 6.92 Å². The molecule has 0 aliphatic rings. The second kappa shape index (κ2) is 3.34. The van der Waals surface area contributed by atoms with Crippen molar-refractivity contribution in [3.05, 3.63) is 29.6 Å². The summed E-state index contributed by atoms with van der Waals surface area (Å²) < 4.78 is 3.30. The standard InChI is InChI=1S/C7H8ClN3/c1-5-2-3-10-6(4-5)7(9)11-8/h2-4H,1H3,(H2,9,11). The molecule has 0 unspecified atom stereocenters. The minimum Gasteiger partial charge on any atom is -0.381 e. The fraction of sp³-hybridized carbons (Fsp3) is 0.143. The van der Waals surface area contributed by atoms with Gasteiger partial charge in [0.15, 0.2) is 5.84 Å². The number of nitrogens with two attached hydrogens (primary N) is 1. The summed E-state index contributed by atoms with van der Waals surface area (Å²) in [6.45, 7) is 1.95. The van der Waals surface area contributed by atoms with E-state index >= 15 is 0 Å². The highest BCUT2D eigenvalue weighted by Gasteiger charge is 1.97. The molecule has 0 aliphatic heterocycles. The van der Waals surface area contributed by atoms with E-state index in [1.807, 2.05) is 19.1 Å². The zero-order valence-corrected chi connectivity index (χ0v) is 6.84. The second-order valence-corrected chi connectivity index (χ2v) is 2.36. The molecule has 0 atom stereocenters. The number of rotatable bonds is 1. The van der Waals surface area contributed by atoms with E-state index in [0.717, 1.165) is 5.56 Å². The number of nitrogens with zero attached hydrogens (tertiary/aromatic N) is 2. The molecule has 1 heterocycles. The van der Waals surface area contributed by atoms with E-state index in [1.165, 1.54) is 0 Å². The highest BCUT2D eigenvalue weighted by atomic mass is 35.5. The summed E-state index contributed by atoms with van der Waals surface area (Å²) in [6.07, 6.45) is 1.67. The van der Waals surface area contributed by atoms with Crippen molar-refractivity contribution < 1.29 is 0 Å². The van der Waals surface area contributed by atoms with Gasteiger partial charge in [-0.1, -0.05) is 0 Å². The minimum atomic E-state index is 0.246. The van der Waals surface area contributed by atoms with Crippen LogP contribution in [-0.4, -0.2) is 10.8 Å². The molecule has 2 N–H and O–H groups in total. The van der Waals surface area contributed by atoms with Crippen LogP contribution < -0.4 is 5.73 Å². The summed E-state index contributed by atoms with van der Waals surface area (Å²) in [5, 5.41) is 0. The highest BCUT2D eigenvalue weighted by Crippen LogP contribution is 1.99. The van der Waals surface area contributed by atoms with E-state index in [-0.39, 0.29) is 5.84 Å². The maximum atomic E-state index is 5.42. The Morgan fingerprint density at radius 3 is 3.00 bits per heavy atom. The number of hydrogen-bond acceptors (Lipinski definition) is 2. The third kappa shape index (κ3) is 1.91. The fourth-order valence-corrected chi connectivity index (χ4v) is 0.806. The van der Waals surface area contributed by atoms with Crippen molar-refractivity contribution in [2.24, 2.45) is 10.2 Å². The van der Waals surface area contributed by atoms with Gasteiger partial charge in [0.05, 0.1) is 0 Å². The maximum Gasteiger partial charge on any atom is 0.163 e. The van der Waals surface area contributed by atoms with Crippen molar-refractivity contribution in [1.82, 2.24) is 4.98 Å². The summed E-state index contributed by atoms with van der Waals surface area (Å²) in [7, 11) is 0. The summed E-state index contributed by atoms with van der Waals surface area (Å²) >= 11 is 5.16. The van der Waals surface area contributed by atoms with Crippen LogP contribution in [0.25, 0.3) is 0 Å². The molecule has 1 aromatic heterocycles. The van der Waals surface area contributed by atoms with Crippen LogP contribution in [0.5, 0.6) is 0 Å². The van der Waals surface area contributed by atoms with Gasteiger partial charge in [-0.2, -0.15) is 4.51 Å². The molecule has 0 amide bonds. The molecule has 3 nitrogen and oxygen atoms in total. The Kier molecular flexibility index (Phi) is 2.44. The molecule has 58 valence electrons. The molecular weight excluding hydrogens is 162 g/mol. The fourth-order valence-electron chi connectivity index (χ4n) is 0.720. The third-order valence-electron chi connectivity index (χ3n) is 1.27. The first-order chi connectivity index (χ1) is 5.24. The lowest BCUT2D eigenvalue weighted by Crippen LogP contribution is -2.13. The largest absolute Gasteiger partial charge is 0.381 e. The third-order valence-corrected chi connectivity index (χ3v) is 1.45. The van der Waals surface area contributed by atoms with Crippen LogP contribution in [0.1, 0.15) is 11.3 Å².